The monoisotopic (exact) mass is 215 g/mol. The van der Waals surface area contributed by atoms with Gasteiger partial charge in [-0.25, -0.2) is 0 Å². The molecule has 1 fully saturated rings. The van der Waals surface area contributed by atoms with E-state index >= 15 is 0 Å². The van der Waals surface area contributed by atoms with E-state index in [1.165, 1.54) is 0 Å². The molecule has 4 nitrogen and oxygen atoms in total. The molecule has 0 heterocycles. The lowest BCUT2D eigenvalue weighted by Gasteiger charge is -2.30. The van der Waals surface area contributed by atoms with E-state index in [0.717, 1.165) is 12.8 Å². The van der Waals surface area contributed by atoms with Gasteiger partial charge in [0.1, 0.15) is 5.60 Å². The molecule has 1 saturated carbocycles. The number of methoxy groups -OCH3 is 2. The highest BCUT2D eigenvalue weighted by Gasteiger charge is 2.39. The number of amides is 1. The maximum atomic E-state index is 12.1. The molecule has 0 N–H and O–H groups in total. The fourth-order valence-corrected chi connectivity index (χ4v) is 1.46. The third-order valence-electron chi connectivity index (χ3n) is 2.81. The first kappa shape index (κ1) is 12.5. The van der Waals surface area contributed by atoms with Crippen LogP contribution in [0.3, 0.4) is 0 Å². The lowest BCUT2D eigenvalue weighted by Crippen LogP contribution is -2.48. The number of carbonyl (C=O) groups excluding carboxylic acids is 1. The fraction of sp³-hybridized carbons (Fsp3) is 0.909. The molecule has 0 unspecified atom stereocenters. The minimum absolute atomic E-state index is 0.0598. The molecular formula is C11H21NO3. The highest BCUT2D eigenvalue weighted by Crippen LogP contribution is 2.29. The van der Waals surface area contributed by atoms with Gasteiger partial charge in [0.2, 0.25) is 0 Å². The molecule has 15 heavy (non-hydrogen) atoms. The maximum absolute atomic E-state index is 12.1. The van der Waals surface area contributed by atoms with Gasteiger partial charge < -0.3 is 14.4 Å². The van der Waals surface area contributed by atoms with Crippen molar-refractivity contribution in [2.45, 2.75) is 38.3 Å². The summed E-state index contributed by atoms with van der Waals surface area (Å²) in [5.74, 6) is 0.0598. The van der Waals surface area contributed by atoms with Gasteiger partial charge in [-0.3, -0.25) is 4.79 Å². The van der Waals surface area contributed by atoms with Crippen LogP contribution < -0.4 is 0 Å². The standard InChI is InChI=1S/C11H21NO3/c1-11(2,15-4)10(13)12(7-8-14-3)9-5-6-9/h9H,5-8H2,1-4H3. The Morgan fingerprint density at radius 1 is 1.40 bits per heavy atom. The maximum Gasteiger partial charge on any atom is 0.254 e. The van der Waals surface area contributed by atoms with Crippen LogP contribution in [-0.2, 0) is 14.3 Å². The van der Waals surface area contributed by atoms with Gasteiger partial charge >= 0.3 is 0 Å². The first-order valence-electron chi connectivity index (χ1n) is 5.38. The second kappa shape index (κ2) is 4.94. The highest BCUT2D eigenvalue weighted by atomic mass is 16.5. The van der Waals surface area contributed by atoms with Crippen molar-refractivity contribution in [3.05, 3.63) is 0 Å². The summed E-state index contributed by atoms with van der Waals surface area (Å²) >= 11 is 0. The molecule has 0 aromatic rings. The molecule has 4 heteroatoms. The topological polar surface area (TPSA) is 38.8 Å². The van der Waals surface area contributed by atoms with Crippen LogP contribution in [0.25, 0.3) is 0 Å². The predicted molar refractivity (Wildman–Crippen MR) is 57.7 cm³/mol. The number of rotatable bonds is 6. The van der Waals surface area contributed by atoms with Crippen molar-refractivity contribution >= 4 is 5.91 Å². The van der Waals surface area contributed by atoms with E-state index in [9.17, 15) is 4.79 Å². The largest absolute Gasteiger partial charge is 0.383 e. The van der Waals surface area contributed by atoms with Crippen LogP contribution in [-0.4, -0.2) is 49.8 Å². The molecule has 1 aliphatic rings. The van der Waals surface area contributed by atoms with E-state index in [2.05, 4.69) is 0 Å². The van der Waals surface area contributed by atoms with Crippen LogP contribution in [0.15, 0.2) is 0 Å². The Morgan fingerprint density at radius 3 is 2.40 bits per heavy atom. The van der Waals surface area contributed by atoms with Crippen molar-refractivity contribution in [2.24, 2.45) is 0 Å². The smallest absolute Gasteiger partial charge is 0.254 e. The third-order valence-corrected chi connectivity index (χ3v) is 2.81. The van der Waals surface area contributed by atoms with Crippen LogP contribution in [0.2, 0.25) is 0 Å². The van der Waals surface area contributed by atoms with Crippen LogP contribution in [0.1, 0.15) is 26.7 Å². The molecule has 0 spiro atoms. The van der Waals surface area contributed by atoms with E-state index < -0.39 is 5.60 Å². The van der Waals surface area contributed by atoms with Crippen molar-refractivity contribution in [3.8, 4) is 0 Å². The molecule has 0 atom stereocenters. The van der Waals surface area contributed by atoms with Gasteiger partial charge in [0.15, 0.2) is 0 Å². The van der Waals surface area contributed by atoms with E-state index in [-0.39, 0.29) is 5.91 Å². The molecular weight excluding hydrogens is 194 g/mol. The summed E-state index contributed by atoms with van der Waals surface area (Å²) in [6, 6.07) is 0.405. The SMILES string of the molecule is COCCN(C(=O)C(C)(C)OC)C1CC1. The summed E-state index contributed by atoms with van der Waals surface area (Å²) in [5.41, 5.74) is -0.726. The van der Waals surface area contributed by atoms with Crippen LogP contribution in [0, 0.1) is 0 Å². The zero-order valence-electron chi connectivity index (χ0n) is 10.1. The number of carbonyl (C=O) groups is 1. The van der Waals surface area contributed by atoms with Crippen molar-refractivity contribution in [1.82, 2.24) is 4.90 Å². The molecule has 0 aliphatic heterocycles. The Hall–Kier alpha value is -0.610. The van der Waals surface area contributed by atoms with Gasteiger partial charge in [-0.2, -0.15) is 0 Å². The quantitative estimate of drug-likeness (QED) is 0.664. The second-order valence-corrected chi connectivity index (χ2v) is 4.44. The molecule has 0 aromatic heterocycles. The van der Waals surface area contributed by atoms with Crippen LogP contribution >= 0.6 is 0 Å². The first-order valence-corrected chi connectivity index (χ1v) is 5.38. The minimum Gasteiger partial charge on any atom is -0.383 e. The summed E-state index contributed by atoms with van der Waals surface area (Å²) < 4.78 is 10.2. The molecule has 88 valence electrons. The number of nitrogens with zero attached hydrogens (tertiary/aromatic N) is 1. The average Bonchev–Trinajstić information content (AvgIpc) is 3.02. The summed E-state index contributed by atoms with van der Waals surface area (Å²) in [7, 11) is 3.22. The number of hydrogen-bond donors (Lipinski definition) is 0. The Morgan fingerprint density at radius 2 is 2.00 bits per heavy atom. The Balaban J connectivity index is 2.58. The summed E-state index contributed by atoms with van der Waals surface area (Å²) in [6.45, 7) is 4.85. The van der Waals surface area contributed by atoms with E-state index in [4.69, 9.17) is 9.47 Å². The molecule has 0 saturated heterocycles. The van der Waals surface area contributed by atoms with Gasteiger partial charge in [-0.05, 0) is 26.7 Å². The van der Waals surface area contributed by atoms with Crippen molar-refractivity contribution < 1.29 is 14.3 Å². The Bertz CT molecular complexity index is 224. The van der Waals surface area contributed by atoms with Gasteiger partial charge in [0.25, 0.3) is 5.91 Å². The van der Waals surface area contributed by atoms with E-state index in [0.29, 0.717) is 19.2 Å². The summed E-state index contributed by atoms with van der Waals surface area (Å²) in [6.07, 6.45) is 2.21. The number of hydrogen-bond acceptors (Lipinski definition) is 3. The molecule has 0 radical (unpaired) electrons. The molecule has 1 amide bonds. The second-order valence-electron chi connectivity index (χ2n) is 4.44. The van der Waals surface area contributed by atoms with Crippen LogP contribution in [0.4, 0.5) is 0 Å². The Labute approximate surface area is 91.5 Å². The lowest BCUT2D eigenvalue weighted by molar-refractivity contribution is -0.152. The summed E-state index contributed by atoms with van der Waals surface area (Å²) in [4.78, 5) is 14.0. The van der Waals surface area contributed by atoms with Crippen molar-refractivity contribution in [3.63, 3.8) is 0 Å². The van der Waals surface area contributed by atoms with Gasteiger partial charge in [0.05, 0.1) is 6.61 Å². The third kappa shape index (κ3) is 3.18. The van der Waals surface area contributed by atoms with E-state index in [1.807, 2.05) is 4.90 Å². The zero-order valence-corrected chi connectivity index (χ0v) is 10.1. The Kier molecular flexibility index (Phi) is 4.11. The minimum atomic E-state index is -0.726. The van der Waals surface area contributed by atoms with Crippen molar-refractivity contribution in [1.29, 1.82) is 0 Å². The van der Waals surface area contributed by atoms with E-state index in [1.54, 1.807) is 28.1 Å². The van der Waals surface area contributed by atoms with Gasteiger partial charge in [-0.1, -0.05) is 0 Å². The van der Waals surface area contributed by atoms with Gasteiger partial charge in [-0.15, -0.1) is 0 Å². The average molecular weight is 215 g/mol. The summed E-state index contributed by atoms with van der Waals surface area (Å²) in [5, 5.41) is 0. The fourth-order valence-electron chi connectivity index (χ4n) is 1.46. The highest BCUT2D eigenvalue weighted by molar-refractivity contribution is 5.85. The van der Waals surface area contributed by atoms with Crippen molar-refractivity contribution in [2.75, 3.05) is 27.4 Å². The zero-order chi connectivity index (χ0) is 11.5. The molecule has 1 rings (SSSR count). The molecule has 0 bridgehead atoms. The number of ether oxygens (including phenoxy) is 2. The predicted octanol–water partition coefficient (Wildman–Crippen LogP) is 1.05. The lowest BCUT2D eigenvalue weighted by atomic mass is 10.1. The molecule has 1 aliphatic carbocycles. The van der Waals surface area contributed by atoms with Crippen LogP contribution in [0.5, 0.6) is 0 Å². The molecule has 0 aromatic carbocycles. The normalized spacial score (nSPS) is 16.5. The first-order chi connectivity index (χ1) is 7.03. The van der Waals surface area contributed by atoms with Gasteiger partial charge in [0, 0.05) is 26.8 Å².